The van der Waals surface area contributed by atoms with Gasteiger partial charge in [0.2, 0.25) is 5.91 Å². The van der Waals surface area contributed by atoms with Crippen LogP contribution in [0.1, 0.15) is 40.5 Å². The fraction of sp³-hybridized carbons (Fsp3) is 0.769. The minimum Gasteiger partial charge on any atom is -0.480 e. The van der Waals surface area contributed by atoms with Gasteiger partial charge in [-0.25, -0.2) is 9.59 Å². The van der Waals surface area contributed by atoms with Crippen molar-refractivity contribution in [3.05, 3.63) is 0 Å². The normalized spacial score (nSPS) is 11.1. The van der Waals surface area contributed by atoms with Gasteiger partial charge in [0, 0.05) is 13.1 Å². The lowest BCUT2D eigenvalue weighted by molar-refractivity contribution is -0.144. The Morgan fingerprint density at radius 2 is 1.70 bits per heavy atom. The lowest BCUT2D eigenvalue weighted by Crippen LogP contribution is -2.57. The molecule has 0 radical (unpaired) electrons. The highest BCUT2D eigenvalue weighted by molar-refractivity contribution is 5.88. The third-order valence-corrected chi connectivity index (χ3v) is 3.14. The van der Waals surface area contributed by atoms with Crippen LogP contribution in [0.15, 0.2) is 0 Å². The van der Waals surface area contributed by atoms with Crippen molar-refractivity contribution < 1.29 is 19.5 Å². The average Bonchev–Trinajstić information content (AvgIpc) is 2.34. The SMILES string of the molecule is CCC(CC)(NC(=O)N(C)CC(=O)NC(C)C)C(=O)O. The molecular formula is C13H25N3O4. The number of carboxylic acid groups (broad SMARTS) is 1. The van der Waals surface area contributed by atoms with E-state index >= 15 is 0 Å². The molecule has 0 aromatic rings. The van der Waals surface area contributed by atoms with Crippen LogP contribution in [0.3, 0.4) is 0 Å². The second kappa shape index (κ2) is 7.72. The molecule has 0 aliphatic heterocycles. The number of carbonyl (C=O) groups is 3. The van der Waals surface area contributed by atoms with Gasteiger partial charge in [-0.15, -0.1) is 0 Å². The third kappa shape index (κ3) is 5.07. The maximum absolute atomic E-state index is 12.0. The van der Waals surface area contributed by atoms with Crippen LogP contribution < -0.4 is 10.6 Å². The molecule has 0 aliphatic rings. The average molecular weight is 287 g/mol. The van der Waals surface area contributed by atoms with E-state index in [4.69, 9.17) is 0 Å². The first-order valence-electron chi connectivity index (χ1n) is 6.74. The van der Waals surface area contributed by atoms with E-state index in [0.29, 0.717) is 0 Å². The van der Waals surface area contributed by atoms with Gasteiger partial charge >= 0.3 is 12.0 Å². The fourth-order valence-corrected chi connectivity index (χ4v) is 1.74. The van der Waals surface area contributed by atoms with Crippen LogP contribution in [0.4, 0.5) is 4.79 Å². The first-order chi connectivity index (χ1) is 9.18. The molecule has 0 heterocycles. The molecule has 0 bridgehead atoms. The molecule has 3 N–H and O–H groups in total. The Bertz CT molecular complexity index is 365. The number of rotatable bonds is 7. The van der Waals surface area contributed by atoms with Gasteiger partial charge in [-0.05, 0) is 26.7 Å². The van der Waals surface area contributed by atoms with Crippen LogP contribution in [0.5, 0.6) is 0 Å². The zero-order chi connectivity index (χ0) is 15.9. The Morgan fingerprint density at radius 3 is 2.05 bits per heavy atom. The summed E-state index contributed by atoms with van der Waals surface area (Å²) in [7, 11) is 1.45. The smallest absolute Gasteiger partial charge is 0.329 e. The van der Waals surface area contributed by atoms with Crippen molar-refractivity contribution in [1.29, 1.82) is 0 Å². The summed E-state index contributed by atoms with van der Waals surface area (Å²) in [6.07, 6.45) is 0.549. The second-order valence-electron chi connectivity index (χ2n) is 5.10. The van der Waals surface area contributed by atoms with E-state index in [0.717, 1.165) is 0 Å². The monoisotopic (exact) mass is 287 g/mol. The van der Waals surface area contributed by atoms with Gasteiger partial charge in [0.15, 0.2) is 0 Å². The lowest BCUT2D eigenvalue weighted by Gasteiger charge is -2.30. The number of nitrogens with zero attached hydrogens (tertiary/aromatic N) is 1. The van der Waals surface area contributed by atoms with E-state index in [9.17, 15) is 19.5 Å². The highest BCUT2D eigenvalue weighted by atomic mass is 16.4. The molecule has 0 atom stereocenters. The molecule has 0 fully saturated rings. The number of carboxylic acids is 1. The van der Waals surface area contributed by atoms with Crippen LogP contribution in [0.25, 0.3) is 0 Å². The topological polar surface area (TPSA) is 98.7 Å². The van der Waals surface area contributed by atoms with Gasteiger partial charge in [0.05, 0.1) is 0 Å². The molecular weight excluding hydrogens is 262 g/mol. The van der Waals surface area contributed by atoms with Gasteiger partial charge in [-0.3, -0.25) is 4.79 Å². The minimum atomic E-state index is -1.29. The summed E-state index contributed by atoms with van der Waals surface area (Å²) >= 11 is 0. The van der Waals surface area contributed by atoms with Crippen LogP contribution in [-0.4, -0.2) is 53.1 Å². The first-order valence-corrected chi connectivity index (χ1v) is 6.74. The van der Waals surface area contributed by atoms with Crippen molar-refractivity contribution in [1.82, 2.24) is 15.5 Å². The Labute approximate surface area is 119 Å². The minimum absolute atomic E-state index is 0.0108. The highest BCUT2D eigenvalue weighted by Gasteiger charge is 2.37. The summed E-state index contributed by atoms with van der Waals surface area (Å²) in [6.45, 7) is 6.92. The summed E-state index contributed by atoms with van der Waals surface area (Å²) in [5.74, 6) is -1.36. The number of aliphatic carboxylic acids is 1. The molecule has 0 spiro atoms. The summed E-state index contributed by atoms with van der Waals surface area (Å²) < 4.78 is 0. The second-order valence-corrected chi connectivity index (χ2v) is 5.10. The number of amides is 3. The van der Waals surface area contributed by atoms with E-state index in [2.05, 4.69) is 10.6 Å². The quantitative estimate of drug-likeness (QED) is 0.645. The van der Waals surface area contributed by atoms with Crippen molar-refractivity contribution in [2.75, 3.05) is 13.6 Å². The molecule has 0 rings (SSSR count). The predicted molar refractivity (Wildman–Crippen MR) is 75.4 cm³/mol. The Morgan fingerprint density at radius 1 is 1.20 bits per heavy atom. The van der Waals surface area contributed by atoms with E-state index in [1.165, 1.54) is 11.9 Å². The standard InChI is InChI=1S/C13H25N3O4/c1-6-13(7-2,11(18)19)15-12(20)16(5)8-10(17)14-9(3)4/h9H,6-8H2,1-5H3,(H,14,17)(H,15,20)(H,18,19). The predicted octanol–water partition coefficient (Wildman–Crippen LogP) is 0.796. The molecule has 116 valence electrons. The molecule has 20 heavy (non-hydrogen) atoms. The maximum atomic E-state index is 12.0. The van der Waals surface area contributed by atoms with Crippen molar-refractivity contribution in [3.8, 4) is 0 Å². The molecule has 0 saturated carbocycles. The number of hydrogen-bond donors (Lipinski definition) is 3. The Kier molecular flexibility index (Phi) is 7.02. The number of urea groups is 1. The number of likely N-dealkylation sites (N-methyl/N-ethyl adjacent to an activating group) is 1. The van der Waals surface area contributed by atoms with E-state index < -0.39 is 17.5 Å². The van der Waals surface area contributed by atoms with Crippen LogP contribution in [0, 0.1) is 0 Å². The van der Waals surface area contributed by atoms with Crippen LogP contribution >= 0.6 is 0 Å². The molecule has 0 unspecified atom stereocenters. The summed E-state index contributed by atoms with van der Waals surface area (Å²) in [5.41, 5.74) is -1.29. The number of nitrogens with one attached hydrogen (secondary N) is 2. The molecule has 7 heteroatoms. The highest BCUT2D eigenvalue weighted by Crippen LogP contribution is 2.15. The zero-order valence-electron chi connectivity index (χ0n) is 12.8. The molecule has 0 aromatic carbocycles. The van der Waals surface area contributed by atoms with Crippen molar-refractivity contribution in [3.63, 3.8) is 0 Å². The van der Waals surface area contributed by atoms with Crippen molar-refractivity contribution in [2.24, 2.45) is 0 Å². The van der Waals surface area contributed by atoms with E-state index in [-0.39, 0.29) is 31.3 Å². The first kappa shape index (κ1) is 18.2. The Balaban J connectivity index is 4.66. The van der Waals surface area contributed by atoms with E-state index in [1.807, 2.05) is 13.8 Å². The lowest BCUT2D eigenvalue weighted by atomic mass is 9.93. The van der Waals surface area contributed by atoms with Gasteiger partial charge in [0.1, 0.15) is 12.1 Å². The van der Waals surface area contributed by atoms with Gasteiger partial charge in [-0.2, -0.15) is 0 Å². The summed E-state index contributed by atoms with van der Waals surface area (Å²) in [6, 6.07) is -0.585. The van der Waals surface area contributed by atoms with Crippen LogP contribution in [-0.2, 0) is 9.59 Å². The molecule has 0 saturated heterocycles. The Hall–Kier alpha value is -1.79. The summed E-state index contributed by atoms with van der Waals surface area (Å²) in [4.78, 5) is 36.0. The van der Waals surface area contributed by atoms with Crippen molar-refractivity contribution >= 4 is 17.9 Å². The number of hydrogen-bond acceptors (Lipinski definition) is 3. The largest absolute Gasteiger partial charge is 0.480 e. The molecule has 7 nitrogen and oxygen atoms in total. The third-order valence-electron chi connectivity index (χ3n) is 3.14. The molecule has 3 amide bonds. The molecule has 0 aromatic heterocycles. The van der Waals surface area contributed by atoms with Crippen LogP contribution in [0.2, 0.25) is 0 Å². The van der Waals surface area contributed by atoms with Gasteiger partial charge in [0.25, 0.3) is 0 Å². The number of carbonyl (C=O) groups excluding carboxylic acids is 2. The van der Waals surface area contributed by atoms with E-state index in [1.54, 1.807) is 13.8 Å². The molecule has 0 aliphatic carbocycles. The summed E-state index contributed by atoms with van der Waals surface area (Å²) in [5, 5.41) is 14.4. The fourth-order valence-electron chi connectivity index (χ4n) is 1.74. The maximum Gasteiger partial charge on any atom is 0.329 e. The van der Waals surface area contributed by atoms with Crippen molar-refractivity contribution in [2.45, 2.75) is 52.1 Å². The van der Waals surface area contributed by atoms with Gasteiger partial charge in [-0.1, -0.05) is 13.8 Å². The zero-order valence-corrected chi connectivity index (χ0v) is 12.8. The van der Waals surface area contributed by atoms with Gasteiger partial charge < -0.3 is 20.6 Å².